The van der Waals surface area contributed by atoms with Gasteiger partial charge in [0.25, 0.3) is 0 Å². The number of hydrogen-bond acceptors (Lipinski definition) is 4. The summed E-state index contributed by atoms with van der Waals surface area (Å²) < 4.78 is 1.73. The minimum atomic E-state index is -0.0174. The Kier molecular flexibility index (Phi) is 3.04. The van der Waals surface area contributed by atoms with E-state index in [2.05, 4.69) is 15.1 Å². The van der Waals surface area contributed by atoms with Gasteiger partial charge in [-0.1, -0.05) is 18.2 Å². The maximum Gasteiger partial charge on any atom is 0.113 e. The smallest absolute Gasteiger partial charge is 0.113 e. The molecule has 0 aliphatic rings. The molecule has 0 unspecified atom stereocenters. The van der Waals surface area contributed by atoms with Crippen molar-refractivity contribution in [2.45, 2.75) is 6.61 Å². The fourth-order valence-electron chi connectivity index (χ4n) is 1.89. The lowest BCUT2D eigenvalue weighted by Gasteiger charge is -2.06. The van der Waals surface area contributed by atoms with E-state index in [4.69, 9.17) is 0 Å². The van der Waals surface area contributed by atoms with Gasteiger partial charge >= 0.3 is 0 Å². The van der Waals surface area contributed by atoms with Gasteiger partial charge in [-0.15, -0.1) is 0 Å². The molecule has 2 heterocycles. The fraction of sp³-hybridized carbons (Fsp3) is 0.0714. The fourth-order valence-corrected chi connectivity index (χ4v) is 1.89. The first-order valence-electron chi connectivity index (χ1n) is 5.89. The lowest BCUT2D eigenvalue weighted by Crippen LogP contribution is -2.00. The summed E-state index contributed by atoms with van der Waals surface area (Å²) in [6, 6.07) is 9.47. The maximum absolute atomic E-state index is 9.34. The minimum Gasteiger partial charge on any atom is -0.392 e. The second-order valence-electron chi connectivity index (χ2n) is 4.02. The van der Waals surface area contributed by atoms with Crippen molar-refractivity contribution in [3.05, 3.63) is 60.7 Å². The number of aromatic nitrogens is 4. The van der Waals surface area contributed by atoms with E-state index >= 15 is 0 Å². The lowest BCUT2D eigenvalue weighted by atomic mass is 10.2. The van der Waals surface area contributed by atoms with Crippen LogP contribution < -0.4 is 0 Å². The van der Waals surface area contributed by atoms with Crippen molar-refractivity contribution in [2.75, 3.05) is 0 Å². The molecule has 0 aliphatic heterocycles. The highest BCUT2D eigenvalue weighted by Crippen LogP contribution is 2.17. The van der Waals surface area contributed by atoms with Crippen LogP contribution in [0.25, 0.3) is 17.1 Å². The molecule has 0 radical (unpaired) electrons. The van der Waals surface area contributed by atoms with Crippen LogP contribution in [0.2, 0.25) is 0 Å². The minimum absolute atomic E-state index is 0.0174. The molecule has 5 heteroatoms. The van der Waals surface area contributed by atoms with E-state index in [1.807, 2.05) is 36.5 Å². The van der Waals surface area contributed by atoms with Crippen LogP contribution in [-0.2, 0) is 6.61 Å². The molecule has 0 saturated heterocycles. The molecule has 19 heavy (non-hydrogen) atoms. The Labute approximate surface area is 110 Å². The molecule has 1 aromatic carbocycles. The molecule has 0 fully saturated rings. The Morgan fingerprint density at radius 2 is 1.95 bits per heavy atom. The highest BCUT2D eigenvalue weighted by molar-refractivity contribution is 5.52. The quantitative estimate of drug-likeness (QED) is 0.772. The zero-order valence-corrected chi connectivity index (χ0v) is 10.1. The molecule has 0 bridgehead atoms. The van der Waals surface area contributed by atoms with Gasteiger partial charge in [0.05, 0.1) is 18.5 Å². The van der Waals surface area contributed by atoms with Crippen LogP contribution in [0.3, 0.4) is 0 Å². The zero-order valence-electron chi connectivity index (χ0n) is 10.1. The monoisotopic (exact) mass is 252 g/mol. The van der Waals surface area contributed by atoms with Crippen LogP contribution in [-0.4, -0.2) is 24.9 Å². The van der Waals surface area contributed by atoms with E-state index in [0.717, 1.165) is 22.6 Å². The molecule has 0 atom stereocenters. The highest BCUT2D eigenvalue weighted by Gasteiger charge is 2.07. The number of rotatable bonds is 3. The van der Waals surface area contributed by atoms with E-state index in [0.29, 0.717) is 0 Å². The molecule has 2 aromatic heterocycles. The molecule has 1 N–H and O–H groups in total. The van der Waals surface area contributed by atoms with Gasteiger partial charge in [0.2, 0.25) is 0 Å². The molecule has 0 amide bonds. The van der Waals surface area contributed by atoms with Gasteiger partial charge < -0.3 is 5.11 Å². The average Bonchev–Trinajstić information content (AvgIpc) is 2.98. The molecule has 3 aromatic rings. The third-order valence-electron chi connectivity index (χ3n) is 2.82. The third kappa shape index (κ3) is 2.23. The number of aliphatic hydroxyl groups excluding tert-OH is 1. The van der Waals surface area contributed by atoms with E-state index in [1.54, 1.807) is 23.3 Å². The van der Waals surface area contributed by atoms with E-state index in [-0.39, 0.29) is 6.61 Å². The Hall–Kier alpha value is -2.53. The Morgan fingerprint density at radius 3 is 2.74 bits per heavy atom. The van der Waals surface area contributed by atoms with Crippen molar-refractivity contribution in [1.29, 1.82) is 0 Å². The first kappa shape index (κ1) is 11.6. The second kappa shape index (κ2) is 4.99. The van der Waals surface area contributed by atoms with Crippen LogP contribution >= 0.6 is 0 Å². The molecule has 3 rings (SSSR count). The van der Waals surface area contributed by atoms with Crippen molar-refractivity contribution in [2.24, 2.45) is 0 Å². The Bertz CT molecular complexity index is 679. The van der Waals surface area contributed by atoms with Crippen molar-refractivity contribution >= 4 is 0 Å². The molecule has 0 saturated carbocycles. The molecule has 0 aliphatic carbocycles. The molecular formula is C14H12N4O. The van der Waals surface area contributed by atoms with Gasteiger partial charge in [0.15, 0.2) is 0 Å². The van der Waals surface area contributed by atoms with Crippen molar-refractivity contribution < 1.29 is 5.11 Å². The number of hydrogen-bond donors (Lipinski definition) is 1. The summed E-state index contributed by atoms with van der Waals surface area (Å²) in [5.74, 6) is 0. The summed E-state index contributed by atoms with van der Waals surface area (Å²) in [5, 5.41) is 13.8. The molecule has 5 nitrogen and oxygen atoms in total. The summed E-state index contributed by atoms with van der Waals surface area (Å²) in [4.78, 5) is 8.24. The SMILES string of the molecule is OCc1ccccc1-n1ccc(-c2cnccn2)n1. The first-order chi connectivity index (χ1) is 9.38. The van der Waals surface area contributed by atoms with E-state index in [1.165, 1.54) is 0 Å². The van der Waals surface area contributed by atoms with Gasteiger partial charge in [-0.05, 0) is 12.1 Å². The number of nitrogens with zero attached hydrogens (tertiary/aromatic N) is 4. The topological polar surface area (TPSA) is 63.8 Å². The summed E-state index contributed by atoms with van der Waals surface area (Å²) in [6.07, 6.45) is 6.78. The standard InChI is InChI=1S/C14H12N4O/c19-10-11-3-1-2-4-14(11)18-8-5-12(17-18)13-9-15-6-7-16-13/h1-9,19H,10H2. The summed E-state index contributed by atoms with van der Waals surface area (Å²) in [7, 11) is 0. The predicted molar refractivity (Wildman–Crippen MR) is 70.5 cm³/mol. The van der Waals surface area contributed by atoms with E-state index in [9.17, 15) is 5.11 Å². The molecule has 0 spiro atoms. The Balaban J connectivity index is 2.02. The highest BCUT2D eigenvalue weighted by atomic mass is 16.3. The van der Waals surface area contributed by atoms with Gasteiger partial charge in [-0.25, -0.2) is 4.68 Å². The van der Waals surface area contributed by atoms with Crippen LogP contribution in [0.1, 0.15) is 5.56 Å². The van der Waals surface area contributed by atoms with Crippen LogP contribution in [0, 0.1) is 0 Å². The van der Waals surface area contributed by atoms with Crippen LogP contribution in [0.4, 0.5) is 0 Å². The van der Waals surface area contributed by atoms with Gasteiger partial charge in [0.1, 0.15) is 11.4 Å². The summed E-state index contributed by atoms with van der Waals surface area (Å²) in [6.45, 7) is -0.0174. The predicted octanol–water partition coefficient (Wildman–Crippen LogP) is 1.82. The van der Waals surface area contributed by atoms with Crippen molar-refractivity contribution in [3.8, 4) is 17.1 Å². The van der Waals surface area contributed by atoms with Crippen LogP contribution in [0.5, 0.6) is 0 Å². The van der Waals surface area contributed by atoms with Gasteiger partial charge in [0, 0.05) is 24.2 Å². The van der Waals surface area contributed by atoms with E-state index < -0.39 is 0 Å². The van der Waals surface area contributed by atoms with Crippen molar-refractivity contribution in [1.82, 2.24) is 19.7 Å². The normalized spacial score (nSPS) is 10.6. The maximum atomic E-state index is 9.34. The van der Waals surface area contributed by atoms with Crippen molar-refractivity contribution in [3.63, 3.8) is 0 Å². The molecular weight excluding hydrogens is 240 g/mol. The Morgan fingerprint density at radius 1 is 1.05 bits per heavy atom. The number of benzene rings is 1. The summed E-state index contributed by atoms with van der Waals surface area (Å²) in [5.41, 5.74) is 3.17. The average molecular weight is 252 g/mol. The number of aliphatic hydroxyl groups is 1. The summed E-state index contributed by atoms with van der Waals surface area (Å²) >= 11 is 0. The lowest BCUT2D eigenvalue weighted by molar-refractivity contribution is 0.281. The third-order valence-corrected chi connectivity index (χ3v) is 2.82. The molecule has 94 valence electrons. The van der Waals surface area contributed by atoms with Gasteiger partial charge in [-0.3, -0.25) is 9.97 Å². The number of para-hydroxylation sites is 1. The second-order valence-corrected chi connectivity index (χ2v) is 4.02. The van der Waals surface area contributed by atoms with Gasteiger partial charge in [-0.2, -0.15) is 5.10 Å². The largest absolute Gasteiger partial charge is 0.392 e. The first-order valence-corrected chi connectivity index (χ1v) is 5.89. The van der Waals surface area contributed by atoms with Crippen LogP contribution in [0.15, 0.2) is 55.1 Å². The zero-order chi connectivity index (χ0) is 13.1.